The lowest BCUT2D eigenvalue weighted by Gasteiger charge is -2.03. The predicted molar refractivity (Wildman–Crippen MR) is 69.0 cm³/mol. The van der Waals surface area contributed by atoms with Crippen LogP contribution in [-0.2, 0) is 12.8 Å². The molecular formula is C15H13NO2. The monoisotopic (exact) mass is 239 g/mol. The van der Waals surface area contributed by atoms with E-state index in [9.17, 15) is 9.59 Å². The first-order valence-electron chi connectivity index (χ1n) is 6.10. The number of aryl methyl sites for hydroxylation is 2. The Labute approximate surface area is 104 Å². The molecule has 0 bridgehead atoms. The van der Waals surface area contributed by atoms with Gasteiger partial charge in [-0.15, -0.1) is 0 Å². The highest BCUT2D eigenvalue weighted by Gasteiger charge is 2.18. The van der Waals surface area contributed by atoms with Crippen molar-refractivity contribution in [3.63, 3.8) is 0 Å². The number of hydrogen-bond donors (Lipinski definition) is 1. The minimum atomic E-state index is -0.274. The van der Waals surface area contributed by atoms with Crippen molar-refractivity contribution in [2.45, 2.75) is 19.3 Å². The Morgan fingerprint density at radius 1 is 1.11 bits per heavy atom. The van der Waals surface area contributed by atoms with Crippen LogP contribution in [-0.4, -0.2) is 10.8 Å². The van der Waals surface area contributed by atoms with E-state index in [0.717, 1.165) is 30.5 Å². The van der Waals surface area contributed by atoms with Gasteiger partial charge in [-0.1, -0.05) is 30.3 Å². The van der Waals surface area contributed by atoms with Crippen LogP contribution in [0.4, 0.5) is 0 Å². The number of nitrogens with one attached hydrogen (secondary N) is 1. The van der Waals surface area contributed by atoms with Crippen molar-refractivity contribution in [1.29, 1.82) is 0 Å². The van der Waals surface area contributed by atoms with Crippen LogP contribution in [0.15, 0.2) is 41.2 Å². The zero-order valence-electron chi connectivity index (χ0n) is 9.90. The van der Waals surface area contributed by atoms with E-state index in [0.29, 0.717) is 5.56 Å². The van der Waals surface area contributed by atoms with Gasteiger partial charge in [-0.3, -0.25) is 9.59 Å². The first-order chi connectivity index (χ1) is 8.75. The third-order valence-corrected chi connectivity index (χ3v) is 3.37. The number of benzene rings is 1. The van der Waals surface area contributed by atoms with E-state index in [2.05, 4.69) is 4.98 Å². The van der Waals surface area contributed by atoms with Crippen LogP contribution in [0.2, 0.25) is 0 Å². The average Bonchev–Trinajstić information content (AvgIpc) is 2.85. The Balaban J connectivity index is 2.08. The molecule has 3 heteroatoms. The summed E-state index contributed by atoms with van der Waals surface area (Å²) in [6.07, 6.45) is 2.90. The Hall–Kier alpha value is -2.16. The van der Waals surface area contributed by atoms with Gasteiger partial charge in [0.05, 0.1) is 5.56 Å². The molecule has 0 amide bonds. The summed E-state index contributed by atoms with van der Waals surface area (Å²) in [6.45, 7) is 0. The maximum atomic E-state index is 12.2. The molecule has 90 valence electrons. The van der Waals surface area contributed by atoms with Gasteiger partial charge in [0.2, 0.25) is 0 Å². The number of fused-ring (bicyclic) bond motifs is 1. The summed E-state index contributed by atoms with van der Waals surface area (Å²) in [6, 6.07) is 10.7. The molecule has 1 aliphatic rings. The second-order valence-corrected chi connectivity index (χ2v) is 4.56. The number of pyridine rings is 1. The van der Waals surface area contributed by atoms with Crippen LogP contribution in [0.1, 0.15) is 33.6 Å². The van der Waals surface area contributed by atoms with E-state index < -0.39 is 0 Å². The smallest absolute Gasteiger partial charge is 0.259 e. The third-order valence-electron chi connectivity index (χ3n) is 3.37. The topological polar surface area (TPSA) is 49.9 Å². The van der Waals surface area contributed by atoms with Gasteiger partial charge in [0, 0.05) is 11.3 Å². The van der Waals surface area contributed by atoms with Crippen LogP contribution in [0.5, 0.6) is 0 Å². The molecule has 0 spiro atoms. The molecule has 1 heterocycles. The number of hydrogen-bond acceptors (Lipinski definition) is 2. The first-order valence-corrected chi connectivity index (χ1v) is 6.10. The number of carbonyl (C=O) groups is 1. The van der Waals surface area contributed by atoms with E-state index in [4.69, 9.17) is 0 Å². The zero-order valence-corrected chi connectivity index (χ0v) is 9.90. The molecule has 0 radical (unpaired) electrons. The van der Waals surface area contributed by atoms with Crippen molar-refractivity contribution >= 4 is 5.78 Å². The third kappa shape index (κ3) is 1.78. The number of aromatic amines is 1. The number of carbonyl (C=O) groups excluding carboxylic acids is 1. The zero-order chi connectivity index (χ0) is 12.5. The lowest BCUT2D eigenvalue weighted by atomic mass is 10.0. The van der Waals surface area contributed by atoms with Crippen molar-refractivity contribution in [2.24, 2.45) is 0 Å². The summed E-state index contributed by atoms with van der Waals surface area (Å²) < 4.78 is 0. The molecule has 0 saturated carbocycles. The lowest BCUT2D eigenvalue weighted by molar-refractivity contribution is 0.103. The van der Waals surface area contributed by atoms with E-state index in [1.165, 1.54) is 0 Å². The predicted octanol–water partition coefficient (Wildman–Crippen LogP) is 2.09. The molecule has 1 aromatic heterocycles. The summed E-state index contributed by atoms with van der Waals surface area (Å²) in [5.41, 5.74) is 2.63. The van der Waals surface area contributed by atoms with Gasteiger partial charge in [-0.25, -0.2) is 0 Å². The van der Waals surface area contributed by atoms with Crippen molar-refractivity contribution in [2.75, 3.05) is 0 Å². The standard InChI is InChI=1S/C15H13NO2/c17-14(10-5-2-1-3-6-10)12-9-11-7-4-8-13(11)16-15(12)18/h1-3,5-6,9H,4,7-8H2,(H,16,18). The van der Waals surface area contributed by atoms with Gasteiger partial charge < -0.3 is 4.98 Å². The number of H-pyrrole nitrogens is 1. The van der Waals surface area contributed by atoms with Crippen LogP contribution < -0.4 is 5.56 Å². The van der Waals surface area contributed by atoms with Crippen LogP contribution >= 0.6 is 0 Å². The second-order valence-electron chi connectivity index (χ2n) is 4.56. The van der Waals surface area contributed by atoms with Gasteiger partial charge in [0.15, 0.2) is 5.78 Å². The maximum Gasteiger partial charge on any atom is 0.259 e. The normalized spacial score (nSPS) is 13.3. The van der Waals surface area contributed by atoms with Crippen molar-refractivity contribution in [1.82, 2.24) is 4.98 Å². The van der Waals surface area contributed by atoms with Crippen LogP contribution in [0.3, 0.4) is 0 Å². The molecule has 2 aromatic rings. The maximum absolute atomic E-state index is 12.2. The van der Waals surface area contributed by atoms with Gasteiger partial charge in [0.1, 0.15) is 0 Å². The minimum Gasteiger partial charge on any atom is -0.325 e. The van der Waals surface area contributed by atoms with Gasteiger partial charge in [-0.2, -0.15) is 0 Å². The van der Waals surface area contributed by atoms with Crippen molar-refractivity contribution < 1.29 is 4.79 Å². The molecule has 18 heavy (non-hydrogen) atoms. The summed E-state index contributed by atoms with van der Waals surface area (Å²) >= 11 is 0. The molecule has 3 rings (SSSR count). The van der Waals surface area contributed by atoms with E-state index in [-0.39, 0.29) is 16.9 Å². The second kappa shape index (κ2) is 4.26. The Morgan fingerprint density at radius 3 is 2.67 bits per heavy atom. The van der Waals surface area contributed by atoms with Gasteiger partial charge >= 0.3 is 0 Å². The summed E-state index contributed by atoms with van der Waals surface area (Å²) in [4.78, 5) is 27.0. The average molecular weight is 239 g/mol. The highest BCUT2D eigenvalue weighted by Crippen LogP contribution is 2.19. The molecule has 0 unspecified atom stereocenters. The van der Waals surface area contributed by atoms with Crippen LogP contribution in [0.25, 0.3) is 0 Å². The molecule has 1 aliphatic carbocycles. The van der Waals surface area contributed by atoms with Crippen molar-refractivity contribution in [3.8, 4) is 0 Å². The quantitative estimate of drug-likeness (QED) is 0.816. The Morgan fingerprint density at radius 2 is 1.89 bits per heavy atom. The summed E-state index contributed by atoms with van der Waals surface area (Å²) in [5, 5.41) is 0. The van der Waals surface area contributed by atoms with E-state index in [1.54, 1.807) is 30.3 Å². The van der Waals surface area contributed by atoms with Crippen LogP contribution in [0, 0.1) is 0 Å². The molecule has 3 nitrogen and oxygen atoms in total. The summed E-state index contributed by atoms with van der Waals surface area (Å²) in [7, 11) is 0. The fraction of sp³-hybridized carbons (Fsp3) is 0.200. The summed E-state index contributed by atoms with van der Waals surface area (Å²) in [5.74, 6) is -0.202. The van der Waals surface area contributed by atoms with Gasteiger partial charge in [0.25, 0.3) is 5.56 Å². The molecule has 1 N–H and O–H groups in total. The number of ketones is 1. The first kappa shape index (κ1) is 11.0. The Bertz CT molecular complexity index is 656. The lowest BCUT2D eigenvalue weighted by Crippen LogP contribution is -2.20. The molecule has 1 aromatic carbocycles. The Kier molecular flexibility index (Phi) is 2.59. The van der Waals surface area contributed by atoms with Crippen molar-refractivity contribution in [3.05, 3.63) is 69.1 Å². The molecular weight excluding hydrogens is 226 g/mol. The highest BCUT2D eigenvalue weighted by molar-refractivity contribution is 6.08. The van der Waals surface area contributed by atoms with Gasteiger partial charge in [-0.05, 0) is 30.9 Å². The molecule has 0 fully saturated rings. The molecule has 0 saturated heterocycles. The molecule has 0 atom stereocenters. The van der Waals surface area contributed by atoms with E-state index in [1.807, 2.05) is 6.07 Å². The minimum absolute atomic E-state index is 0.202. The molecule has 0 aliphatic heterocycles. The fourth-order valence-corrected chi connectivity index (χ4v) is 2.43. The fourth-order valence-electron chi connectivity index (χ4n) is 2.43. The largest absolute Gasteiger partial charge is 0.325 e. The SMILES string of the molecule is O=C(c1ccccc1)c1cc2c([nH]c1=O)CCC2. The number of rotatable bonds is 2. The highest BCUT2D eigenvalue weighted by atomic mass is 16.1. The van der Waals surface area contributed by atoms with E-state index >= 15 is 0 Å². The number of aromatic nitrogens is 1.